The quantitative estimate of drug-likeness (QED) is 0.310. The number of non-ortho nitro benzene ring substituents is 1. The minimum Gasteiger partial charge on any atom is -0.298 e. The van der Waals surface area contributed by atoms with Gasteiger partial charge in [-0.05, 0) is 40.5 Å². The Morgan fingerprint density at radius 2 is 2.04 bits per heavy atom. The first kappa shape index (κ1) is 21.8. The number of halogens is 2. The fourth-order valence-electron chi connectivity index (χ4n) is 2.39. The molecule has 0 saturated heterocycles. The van der Waals surface area contributed by atoms with Crippen LogP contribution < -0.4 is 0 Å². The second kappa shape index (κ2) is 8.25. The van der Waals surface area contributed by atoms with Crippen LogP contribution in [0.25, 0.3) is 5.65 Å². The number of nitro groups is 1. The molecule has 0 aliphatic carbocycles. The number of fused-ring (bicyclic) bond motifs is 1. The fraction of sp³-hybridized carbons (Fsp3) is 0.125. The van der Waals surface area contributed by atoms with Crippen LogP contribution in [0.15, 0.2) is 57.2 Å². The molecule has 0 spiro atoms. The fourth-order valence-corrected chi connectivity index (χ4v) is 3.93. The van der Waals surface area contributed by atoms with Gasteiger partial charge in [0, 0.05) is 29.8 Å². The molecule has 0 bridgehead atoms. The highest BCUT2D eigenvalue weighted by Gasteiger charge is 2.24. The number of pyridine rings is 1. The molecule has 2 heterocycles. The molecule has 0 fully saturated rings. The zero-order valence-corrected chi connectivity index (χ0v) is 17.9. The number of hydrogen-bond donors (Lipinski definition) is 0. The van der Waals surface area contributed by atoms with Crippen LogP contribution in [0.4, 0.5) is 5.69 Å². The highest BCUT2D eigenvalue weighted by Crippen LogP contribution is 2.24. The molecule has 2 aromatic heterocycles. The first-order valence-electron chi connectivity index (χ1n) is 7.61. The van der Waals surface area contributed by atoms with Gasteiger partial charge in [-0.2, -0.15) is 17.9 Å². The van der Waals surface area contributed by atoms with E-state index in [2.05, 4.69) is 26.0 Å². The Bertz CT molecular complexity index is 1180. The Morgan fingerprint density at radius 3 is 2.71 bits per heavy atom. The van der Waals surface area contributed by atoms with E-state index in [0.717, 1.165) is 15.0 Å². The van der Waals surface area contributed by atoms with Crippen LogP contribution in [-0.4, -0.2) is 40.4 Å². The van der Waals surface area contributed by atoms with Gasteiger partial charge in [0.05, 0.1) is 27.9 Å². The molecule has 0 atom stereocenters. The van der Waals surface area contributed by atoms with Gasteiger partial charge < -0.3 is 0 Å². The molecule has 0 N–H and O–H groups in total. The van der Waals surface area contributed by atoms with E-state index < -0.39 is 14.9 Å². The van der Waals surface area contributed by atoms with Crippen LogP contribution >= 0.6 is 28.3 Å². The van der Waals surface area contributed by atoms with E-state index in [-0.39, 0.29) is 23.0 Å². The monoisotopic (exact) mass is 487 g/mol. The number of aryl methyl sites for hydroxylation is 1. The van der Waals surface area contributed by atoms with Gasteiger partial charge in [-0.15, -0.1) is 12.4 Å². The number of benzene rings is 1. The standard InChI is InChI=1S/C16H14BrN5O4S.ClH/c1-11-3-5-13(22(23)24)7-15(11)27(25,26)20(2)19-9-14-8-18-16-6-4-12(17)10-21(14)16;/h3-10H,1-2H3;1H. The lowest BCUT2D eigenvalue weighted by atomic mass is 10.2. The number of nitrogens with zero attached hydrogens (tertiary/aromatic N) is 5. The van der Waals surface area contributed by atoms with E-state index >= 15 is 0 Å². The molecule has 28 heavy (non-hydrogen) atoms. The number of imidazole rings is 1. The molecular formula is C16H15BrClN5O4S. The number of nitro benzene ring substituents is 1. The third-order valence-electron chi connectivity index (χ3n) is 3.86. The van der Waals surface area contributed by atoms with E-state index in [1.807, 2.05) is 6.07 Å². The number of hydrazone groups is 1. The number of sulfonamides is 1. The number of rotatable bonds is 5. The van der Waals surface area contributed by atoms with Crippen molar-refractivity contribution in [2.75, 3.05) is 7.05 Å². The average molecular weight is 489 g/mol. The topological polar surface area (TPSA) is 110 Å². The van der Waals surface area contributed by atoms with E-state index in [4.69, 9.17) is 0 Å². The van der Waals surface area contributed by atoms with Crippen LogP contribution in [0.3, 0.4) is 0 Å². The Kier molecular flexibility index (Phi) is 6.42. The van der Waals surface area contributed by atoms with E-state index in [1.54, 1.807) is 29.8 Å². The lowest BCUT2D eigenvalue weighted by molar-refractivity contribution is -0.385. The third-order valence-corrected chi connectivity index (χ3v) is 6.11. The van der Waals surface area contributed by atoms with E-state index in [1.165, 1.54) is 25.4 Å². The Labute approximate surface area is 175 Å². The molecule has 9 nitrogen and oxygen atoms in total. The maximum atomic E-state index is 12.8. The van der Waals surface area contributed by atoms with Crippen molar-refractivity contribution < 1.29 is 13.3 Å². The zero-order chi connectivity index (χ0) is 19.8. The van der Waals surface area contributed by atoms with Gasteiger partial charge in [0.1, 0.15) is 5.65 Å². The van der Waals surface area contributed by atoms with Crippen molar-refractivity contribution in [2.24, 2.45) is 5.10 Å². The van der Waals surface area contributed by atoms with Crippen molar-refractivity contribution in [3.8, 4) is 0 Å². The van der Waals surface area contributed by atoms with Gasteiger partial charge >= 0.3 is 0 Å². The summed E-state index contributed by atoms with van der Waals surface area (Å²) in [6.07, 6.45) is 4.70. The second-order valence-corrected chi connectivity index (χ2v) is 8.48. The van der Waals surface area contributed by atoms with Gasteiger partial charge in [0.25, 0.3) is 15.7 Å². The molecule has 0 saturated carbocycles. The molecule has 12 heteroatoms. The lowest BCUT2D eigenvalue weighted by Gasteiger charge is -2.15. The molecular weight excluding hydrogens is 474 g/mol. The summed E-state index contributed by atoms with van der Waals surface area (Å²) >= 11 is 3.37. The maximum absolute atomic E-state index is 12.8. The van der Waals surface area contributed by atoms with Crippen molar-refractivity contribution in [3.63, 3.8) is 0 Å². The van der Waals surface area contributed by atoms with Crippen LogP contribution in [0.1, 0.15) is 11.3 Å². The lowest BCUT2D eigenvalue weighted by Crippen LogP contribution is -2.23. The molecule has 3 rings (SSSR count). The molecule has 148 valence electrons. The Morgan fingerprint density at radius 1 is 1.32 bits per heavy atom. The summed E-state index contributed by atoms with van der Waals surface area (Å²) in [5, 5.41) is 14.9. The third kappa shape index (κ3) is 4.16. The summed E-state index contributed by atoms with van der Waals surface area (Å²) in [6.45, 7) is 1.57. The summed E-state index contributed by atoms with van der Waals surface area (Å²) < 4.78 is 28.9. The summed E-state index contributed by atoms with van der Waals surface area (Å²) in [5.41, 5.74) is 1.34. The van der Waals surface area contributed by atoms with Gasteiger partial charge in [0.15, 0.2) is 0 Å². The largest absolute Gasteiger partial charge is 0.298 e. The van der Waals surface area contributed by atoms with Crippen molar-refractivity contribution >= 4 is 55.9 Å². The Balaban J connectivity index is 0.00000280. The Hall–Kier alpha value is -2.50. The molecule has 0 aliphatic rings. The predicted molar refractivity (Wildman–Crippen MR) is 111 cm³/mol. The van der Waals surface area contributed by atoms with Crippen LogP contribution in [0.5, 0.6) is 0 Å². The molecule has 0 radical (unpaired) electrons. The molecule has 0 unspecified atom stereocenters. The number of aromatic nitrogens is 2. The van der Waals surface area contributed by atoms with Gasteiger partial charge in [-0.1, -0.05) is 6.07 Å². The molecule has 3 aromatic rings. The summed E-state index contributed by atoms with van der Waals surface area (Å²) in [4.78, 5) is 14.3. The summed E-state index contributed by atoms with van der Waals surface area (Å²) in [7, 11) is -2.78. The summed E-state index contributed by atoms with van der Waals surface area (Å²) in [6, 6.07) is 7.32. The number of hydrogen-bond acceptors (Lipinski definition) is 6. The minimum atomic E-state index is -4.05. The zero-order valence-electron chi connectivity index (χ0n) is 14.7. The van der Waals surface area contributed by atoms with E-state index in [9.17, 15) is 18.5 Å². The van der Waals surface area contributed by atoms with Gasteiger partial charge in [-0.25, -0.2) is 4.98 Å². The predicted octanol–water partition coefficient (Wildman–Crippen LogP) is 3.39. The van der Waals surface area contributed by atoms with Gasteiger partial charge in [0.2, 0.25) is 0 Å². The highest BCUT2D eigenvalue weighted by molar-refractivity contribution is 9.10. The summed E-state index contributed by atoms with van der Waals surface area (Å²) in [5.74, 6) is 0. The molecule has 1 aromatic carbocycles. The molecule has 0 aliphatic heterocycles. The van der Waals surface area contributed by atoms with Crippen molar-refractivity contribution in [1.82, 2.24) is 13.8 Å². The van der Waals surface area contributed by atoms with Crippen molar-refractivity contribution in [1.29, 1.82) is 0 Å². The average Bonchev–Trinajstić information content (AvgIpc) is 3.01. The van der Waals surface area contributed by atoms with Crippen LogP contribution in [-0.2, 0) is 10.0 Å². The minimum absolute atomic E-state index is 0. The van der Waals surface area contributed by atoms with E-state index in [0.29, 0.717) is 16.9 Å². The van der Waals surface area contributed by atoms with Crippen molar-refractivity contribution in [2.45, 2.75) is 11.8 Å². The normalized spacial score (nSPS) is 11.5. The molecule has 0 amide bonds. The van der Waals surface area contributed by atoms with Crippen LogP contribution in [0, 0.1) is 17.0 Å². The van der Waals surface area contributed by atoms with Crippen LogP contribution in [0.2, 0.25) is 0 Å². The highest BCUT2D eigenvalue weighted by atomic mass is 79.9. The maximum Gasteiger partial charge on any atom is 0.279 e. The second-order valence-electron chi connectivity index (χ2n) is 5.65. The SMILES string of the molecule is Cc1ccc([N+](=O)[O-])cc1S(=O)(=O)N(C)N=Cc1cnc2ccc(Br)cn12.Cl. The van der Waals surface area contributed by atoms with Crippen molar-refractivity contribution in [3.05, 3.63) is 68.6 Å². The van der Waals surface area contributed by atoms with Gasteiger partial charge in [-0.3, -0.25) is 14.5 Å². The smallest absolute Gasteiger partial charge is 0.279 e. The first-order chi connectivity index (χ1) is 12.7. The first-order valence-corrected chi connectivity index (χ1v) is 9.84.